The van der Waals surface area contributed by atoms with E-state index in [-0.39, 0.29) is 23.5 Å². The van der Waals surface area contributed by atoms with Gasteiger partial charge in [0.05, 0.1) is 7.11 Å². The fourth-order valence-corrected chi connectivity index (χ4v) is 2.34. The van der Waals surface area contributed by atoms with Crippen LogP contribution < -0.4 is 14.2 Å². The van der Waals surface area contributed by atoms with Gasteiger partial charge >= 0.3 is 12.4 Å². The molecule has 0 aromatic heterocycles. The van der Waals surface area contributed by atoms with E-state index in [9.17, 15) is 26.3 Å². The molecule has 0 N–H and O–H groups in total. The normalized spacial score (nSPS) is 12.2. The van der Waals surface area contributed by atoms with Crippen molar-refractivity contribution < 1.29 is 40.6 Å². The number of rotatable bonds is 8. The number of hydrogen-bond acceptors (Lipinski definition) is 3. The Labute approximate surface area is 163 Å². The van der Waals surface area contributed by atoms with Crippen molar-refractivity contribution in [3.05, 3.63) is 59.7 Å². The Bertz CT molecular complexity index is 828. The number of methoxy groups -OCH3 is 1. The minimum atomic E-state index is -4.54. The third kappa shape index (κ3) is 8.37. The van der Waals surface area contributed by atoms with Crippen molar-refractivity contribution in [2.24, 2.45) is 0 Å². The molecule has 3 nitrogen and oxygen atoms in total. The second-order valence-electron chi connectivity index (χ2n) is 5.96. The van der Waals surface area contributed by atoms with E-state index in [4.69, 9.17) is 9.47 Å². The molecule has 2 aromatic rings. The zero-order valence-corrected chi connectivity index (χ0v) is 15.3. The van der Waals surface area contributed by atoms with Gasteiger partial charge in [0.15, 0.2) is 13.2 Å². The SMILES string of the molecule is COc1cccc(C=CCc2cc(OCC(F)(F)F)ccc2OCC(F)(F)F)c1. The summed E-state index contributed by atoms with van der Waals surface area (Å²) in [5, 5.41) is 0. The van der Waals surface area contributed by atoms with Crippen LogP contribution in [0.5, 0.6) is 17.2 Å². The summed E-state index contributed by atoms with van der Waals surface area (Å²) in [6.45, 7) is -3.02. The third-order valence-electron chi connectivity index (χ3n) is 3.57. The lowest BCUT2D eigenvalue weighted by Gasteiger charge is -2.15. The summed E-state index contributed by atoms with van der Waals surface area (Å²) in [6.07, 6.45) is -5.60. The molecule has 0 fully saturated rings. The van der Waals surface area contributed by atoms with Crippen LogP contribution in [0, 0.1) is 0 Å². The van der Waals surface area contributed by atoms with Crippen LogP contribution in [0.2, 0.25) is 0 Å². The predicted molar refractivity (Wildman–Crippen MR) is 95.3 cm³/mol. The summed E-state index contributed by atoms with van der Waals surface area (Å²) in [7, 11) is 1.51. The first kappa shape index (κ1) is 22.4. The number of allylic oxidation sites excluding steroid dienone is 1. The first-order valence-corrected chi connectivity index (χ1v) is 8.38. The molecule has 158 valence electrons. The van der Waals surface area contributed by atoms with Crippen LogP contribution in [0.4, 0.5) is 26.3 Å². The van der Waals surface area contributed by atoms with Gasteiger partial charge in [-0.3, -0.25) is 0 Å². The summed E-state index contributed by atoms with van der Waals surface area (Å²) < 4.78 is 88.9. The van der Waals surface area contributed by atoms with Gasteiger partial charge in [0, 0.05) is 5.56 Å². The lowest BCUT2D eigenvalue weighted by molar-refractivity contribution is -0.154. The molecule has 0 saturated heterocycles. The van der Waals surface area contributed by atoms with Crippen LogP contribution in [0.3, 0.4) is 0 Å². The maximum atomic E-state index is 12.4. The molecule has 0 amide bonds. The van der Waals surface area contributed by atoms with Crippen LogP contribution in [-0.4, -0.2) is 32.7 Å². The fourth-order valence-electron chi connectivity index (χ4n) is 2.34. The Morgan fingerprint density at radius 2 is 1.52 bits per heavy atom. The Kier molecular flexibility index (Phi) is 7.41. The lowest BCUT2D eigenvalue weighted by Crippen LogP contribution is -2.20. The highest BCUT2D eigenvalue weighted by Crippen LogP contribution is 2.28. The molecule has 0 aliphatic carbocycles. The second-order valence-corrected chi connectivity index (χ2v) is 5.96. The topological polar surface area (TPSA) is 27.7 Å². The summed E-state index contributed by atoms with van der Waals surface area (Å²) in [5.41, 5.74) is 1.04. The van der Waals surface area contributed by atoms with E-state index in [2.05, 4.69) is 4.74 Å². The van der Waals surface area contributed by atoms with Gasteiger partial charge in [-0.25, -0.2) is 0 Å². The zero-order valence-electron chi connectivity index (χ0n) is 15.3. The number of benzene rings is 2. The average Bonchev–Trinajstić information content (AvgIpc) is 2.64. The zero-order chi connectivity index (χ0) is 21.5. The molecule has 0 saturated carbocycles. The molecule has 29 heavy (non-hydrogen) atoms. The van der Waals surface area contributed by atoms with Gasteiger partial charge in [-0.05, 0) is 42.3 Å². The van der Waals surface area contributed by atoms with E-state index < -0.39 is 25.6 Å². The molecule has 9 heteroatoms. The standard InChI is InChI=1S/C20H18F6O3/c1-27-16-7-3-5-14(10-16)4-2-6-15-11-17(28-12-19(21,22)23)8-9-18(15)29-13-20(24,25)26/h2-5,7-11H,6,12-13H2,1H3. The van der Waals surface area contributed by atoms with E-state index in [0.29, 0.717) is 5.75 Å². The lowest BCUT2D eigenvalue weighted by atomic mass is 10.1. The van der Waals surface area contributed by atoms with Crippen LogP contribution >= 0.6 is 0 Å². The third-order valence-corrected chi connectivity index (χ3v) is 3.57. The summed E-state index contributed by atoms with van der Waals surface area (Å²) in [4.78, 5) is 0. The minimum Gasteiger partial charge on any atom is -0.497 e. The molecule has 0 heterocycles. The molecule has 0 unspecified atom stereocenters. The molecule has 2 rings (SSSR count). The van der Waals surface area contributed by atoms with Crippen LogP contribution in [0.15, 0.2) is 48.5 Å². The Morgan fingerprint density at radius 3 is 2.17 bits per heavy atom. The minimum absolute atomic E-state index is 0.0861. The first-order chi connectivity index (χ1) is 13.6. The summed E-state index contributed by atoms with van der Waals surface area (Å²) in [5.74, 6) is 0.423. The van der Waals surface area contributed by atoms with Crippen LogP contribution in [0.25, 0.3) is 6.08 Å². The smallest absolute Gasteiger partial charge is 0.422 e. The maximum Gasteiger partial charge on any atom is 0.422 e. The second kappa shape index (κ2) is 9.58. The Hall–Kier alpha value is -2.84. The van der Waals surface area contributed by atoms with Gasteiger partial charge in [-0.2, -0.15) is 26.3 Å². The number of alkyl halides is 6. The fraction of sp³-hybridized carbons (Fsp3) is 0.300. The summed E-state index contributed by atoms with van der Waals surface area (Å²) >= 11 is 0. The molecule has 2 aromatic carbocycles. The first-order valence-electron chi connectivity index (χ1n) is 8.38. The Balaban J connectivity index is 2.18. The van der Waals surface area contributed by atoms with Crippen molar-refractivity contribution in [3.63, 3.8) is 0 Å². The Morgan fingerprint density at radius 1 is 0.828 bits per heavy atom. The van der Waals surface area contributed by atoms with Gasteiger partial charge in [0.25, 0.3) is 0 Å². The monoisotopic (exact) mass is 420 g/mol. The molecule has 0 spiro atoms. The van der Waals surface area contributed by atoms with Gasteiger partial charge in [-0.15, -0.1) is 0 Å². The van der Waals surface area contributed by atoms with E-state index in [1.54, 1.807) is 36.4 Å². The van der Waals surface area contributed by atoms with Crippen molar-refractivity contribution in [2.45, 2.75) is 18.8 Å². The molecule has 0 bridgehead atoms. The van der Waals surface area contributed by atoms with Crippen LogP contribution in [-0.2, 0) is 6.42 Å². The number of halogens is 6. The maximum absolute atomic E-state index is 12.4. The van der Waals surface area contributed by atoms with Crippen molar-refractivity contribution in [1.82, 2.24) is 0 Å². The molecular weight excluding hydrogens is 402 g/mol. The largest absolute Gasteiger partial charge is 0.497 e. The van der Waals surface area contributed by atoms with E-state index in [1.807, 2.05) is 0 Å². The summed E-state index contributed by atoms with van der Waals surface area (Å²) in [6, 6.07) is 10.6. The van der Waals surface area contributed by atoms with Gasteiger partial charge in [-0.1, -0.05) is 24.3 Å². The molecular formula is C20H18F6O3. The van der Waals surface area contributed by atoms with E-state index in [1.165, 1.54) is 13.2 Å². The molecule has 0 aliphatic rings. The highest BCUT2D eigenvalue weighted by Gasteiger charge is 2.30. The van der Waals surface area contributed by atoms with E-state index >= 15 is 0 Å². The van der Waals surface area contributed by atoms with Gasteiger partial charge in [0.2, 0.25) is 0 Å². The van der Waals surface area contributed by atoms with Crippen molar-refractivity contribution >= 4 is 6.08 Å². The molecule has 0 radical (unpaired) electrons. The number of hydrogen-bond donors (Lipinski definition) is 0. The average molecular weight is 420 g/mol. The highest BCUT2D eigenvalue weighted by molar-refractivity contribution is 5.53. The quantitative estimate of drug-likeness (QED) is 0.503. The molecule has 0 atom stereocenters. The van der Waals surface area contributed by atoms with Crippen LogP contribution in [0.1, 0.15) is 11.1 Å². The van der Waals surface area contributed by atoms with Crippen molar-refractivity contribution in [1.29, 1.82) is 0 Å². The highest BCUT2D eigenvalue weighted by atomic mass is 19.4. The van der Waals surface area contributed by atoms with E-state index in [0.717, 1.165) is 17.7 Å². The van der Waals surface area contributed by atoms with Gasteiger partial charge < -0.3 is 14.2 Å². The van der Waals surface area contributed by atoms with Gasteiger partial charge in [0.1, 0.15) is 17.2 Å². The molecule has 0 aliphatic heterocycles. The predicted octanol–water partition coefficient (Wildman–Crippen LogP) is 5.83. The number of ether oxygens (including phenoxy) is 3. The van der Waals surface area contributed by atoms with Crippen molar-refractivity contribution in [3.8, 4) is 17.2 Å². The van der Waals surface area contributed by atoms with Crippen molar-refractivity contribution in [2.75, 3.05) is 20.3 Å².